The summed E-state index contributed by atoms with van der Waals surface area (Å²) in [4.78, 5) is 2.51. The minimum Gasteiger partial charge on any atom is -0.497 e. The van der Waals surface area contributed by atoms with Crippen LogP contribution in [0.5, 0.6) is 5.75 Å². The maximum absolute atomic E-state index is 5.35. The monoisotopic (exact) mass is 260 g/mol. The minimum absolute atomic E-state index is 0.560. The highest BCUT2D eigenvalue weighted by atomic mass is 16.5. The van der Waals surface area contributed by atoms with Crippen molar-refractivity contribution in [3.63, 3.8) is 0 Å². The molecule has 1 fully saturated rings. The topological polar surface area (TPSA) is 24.5 Å². The van der Waals surface area contributed by atoms with Gasteiger partial charge in [-0.2, -0.15) is 0 Å². The van der Waals surface area contributed by atoms with Crippen molar-refractivity contribution in [3.05, 3.63) is 29.3 Å². The molecule has 0 amide bonds. The van der Waals surface area contributed by atoms with Crippen LogP contribution in [0.3, 0.4) is 0 Å². The van der Waals surface area contributed by atoms with E-state index >= 15 is 0 Å². The maximum Gasteiger partial charge on any atom is 0.119 e. The molecule has 2 aliphatic rings. The average molecular weight is 260 g/mol. The van der Waals surface area contributed by atoms with E-state index in [4.69, 9.17) is 4.74 Å². The van der Waals surface area contributed by atoms with Gasteiger partial charge < -0.3 is 10.1 Å². The molecule has 0 aromatic heterocycles. The van der Waals surface area contributed by atoms with Gasteiger partial charge in [0, 0.05) is 18.6 Å². The van der Waals surface area contributed by atoms with Crippen molar-refractivity contribution < 1.29 is 4.74 Å². The van der Waals surface area contributed by atoms with Crippen molar-refractivity contribution in [2.45, 2.75) is 37.8 Å². The average Bonchev–Trinajstić information content (AvgIpc) is 2.94. The number of nitrogens with one attached hydrogen (secondary N) is 1. The van der Waals surface area contributed by atoms with Gasteiger partial charge in [0.15, 0.2) is 0 Å². The highest BCUT2D eigenvalue weighted by Gasteiger charge is 2.28. The van der Waals surface area contributed by atoms with Crippen LogP contribution in [0.2, 0.25) is 0 Å². The zero-order chi connectivity index (χ0) is 13.2. The summed E-state index contributed by atoms with van der Waals surface area (Å²) < 4.78 is 5.35. The van der Waals surface area contributed by atoms with E-state index in [0.29, 0.717) is 12.1 Å². The van der Waals surface area contributed by atoms with Crippen LogP contribution in [0.15, 0.2) is 18.2 Å². The molecule has 0 aliphatic carbocycles. The molecule has 2 unspecified atom stereocenters. The standard InChI is InChI=1S/C16H24N2O/c1-18-9-7-12-10-14(19-2)5-6-15(12)16(18)11-13-4-3-8-17-13/h5-6,10,13,16-17H,3-4,7-9,11H2,1-2H3. The van der Waals surface area contributed by atoms with E-state index in [-0.39, 0.29) is 0 Å². The summed E-state index contributed by atoms with van der Waals surface area (Å²) in [5.74, 6) is 0.987. The van der Waals surface area contributed by atoms with E-state index in [2.05, 4.69) is 35.5 Å². The van der Waals surface area contributed by atoms with Gasteiger partial charge in [0.2, 0.25) is 0 Å². The van der Waals surface area contributed by atoms with Gasteiger partial charge in [0.05, 0.1) is 7.11 Å². The van der Waals surface area contributed by atoms with E-state index in [9.17, 15) is 0 Å². The molecular weight excluding hydrogens is 236 g/mol. The molecule has 1 N–H and O–H groups in total. The number of likely N-dealkylation sites (N-methyl/N-ethyl adjacent to an activating group) is 1. The third kappa shape index (κ3) is 2.63. The Labute approximate surface area is 115 Å². The molecule has 2 heterocycles. The molecular formula is C16H24N2O. The minimum atomic E-state index is 0.560. The number of nitrogens with zero attached hydrogens (tertiary/aromatic N) is 1. The Morgan fingerprint density at radius 1 is 1.42 bits per heavy atom. The second-order valence-corrected chi connectivity index (χ2v) is 5.84. The number of benzene rings is 1. The van der Waals surface area contributed by atoms with Gasteiger partial charge in [-0.1, -0.05) is 6.07 Å². The molecule has 3 rings (SSSR count). The van der Waals surface area contributed by atoms with Gasteiger partial charge in [-0.3, -0.25) is 4.90 Å². The Bertz CT molecular complexity index is 440. The second kappa shape index (κ2) is 5.51. The Balaban J connectivity index is 1.83. The Morgan fingerprint density at radius 2 is 2.32 bits per heavy atom. The quantitative estimate of drug-likeness (QED) is 0.903. The van der Waals surface area contributed by atoms with Gasteiger partial charge in [0.1, 0.15) is 5.75 Å². The first-order valence-corrected chi connectivity index (χ1v) is 7.38. The molecule has 19 heavy (non-hydrogen) atoms. The van der Waals surface area contributed by atoms with Gasteiger partial charge in [0.25, 0.3) is 0 Å². The van der Waals surface area contributed by atoms with Crippen LogP contribution in [0, 0.1) is 0 Å². The fourth-order valence-corrected chi connectivity index (χ4v) is 3.48. The number of hydrogen-bond acceptors (Lipinski definition) is 3. The van der Waals surface area contributed by atoms with Gasteiger partial charge >= 0.3 is 0 Å². The lowest BCUT2D eigenvalue weighted by atomic mass is 9.88. The lowest BCUT2D eigenvalue weighted by Gasteiger charge is -2.36. The molecule has 104 valence electrons. The van der Waals surface area contributed by atoms with Crippen molar-refractivity contribution in [2.24, 2.45) is 0 Å². The van der Waals surface area contributed by atoms with E-state index in [1.807, 2.05) is 0 Å². The molecule has 1 saturated heterocycles. The molecule has 1 aromatic rings. The van der Waals surface area contributed by atoms with Crippen molar-refractivity contribution in [1.29, 1.82) is 0 Å². The van der Waals surface area contributed by atoms with Crippen LogP contribution in [0.4, 0.5) is 0 Å². The summed E-state index contributed by atoms with van der Waals surface area (Å²) >= 11 is 0. The first kappa shape index (κ1) is 12.9. The maximum atomic E-state index is 5.35. The number of methoxy groups -OCH3 is 1. The van der Waals surface area contributed by atoms with Crippen molar-refractivity contribution in [2.75, 3.05) is 27.2 Å². The smallest absolute Gasteiger partial charge is 0.119 e. The first-order valence-electron chi connectivity index (χ1n) is 7.38. The molecule has 3 nitrogen and oxygen atoms in total. The fourth-order valence-electron chi connectivity index (χ4n) is 3.48. The van der Waals surface area contributed by atoms with Crippen LogP contribution in [-0.2, 0) is 6.42 Å². The molecule has 0 bridgehead atoms. The number of rotatable bonds is 3. The largest absolute Gasteiger partial charge is 0.497 e. The molecule has 0 radical (unpaired) electrons. The Hall–Kier alpha value is -1.06. The normalized spacial score (nSPS) is 27.3. The SMILES string of the molecule is COc1ccc2c(c1)CCN(C)C2CC1CCCN1. The molecule has 2 aliphatic heterocycles. The summed E-state index contributed by atoms with van der Waals surface area (Å²) in [5.41, 5.74) is 2.98. The summed E-state index contributed by atoms with van der Waals surface area (Å²) in [5, 5.41) is 3.63. The zero-order valence-corrected chi connectivity index (χ0v) is 12.0. The summed E-state index contributed by atoms with van der Waals surface area (Å²) in [6, 6.07) is 7.85. The molecule has 0 saturated carbocycles. The van der Waals surface area contributed by atoms with Crippen molar-refractivity contribution in [1.82, 2.24) is 10.2 Å². The van der Waals surface area contributed by atoms with Crippen LogP contribution >= 0.6 is 0 Å². The zero-order valence-electron chi connectivity index (χ0n) is 12.0. The van der Waals surface area contributed by atoms with Crippen molar-refractivity contribution in [3.8, 4) is 5.75 Å². The lowest BCUT2D eigenvalue weighted by Crippen LogP contribution is -2.36. The van der Waals surface area contributed by atoms with Crippen LogP contribution < -0.4 is 10.1 Å². The Morgan fingerprint density at radius 3 is 3.05 bits per heavy atom. The van der Waals surface area contributed by atoms with Crippen molar-refractivity contribution >= 4 is 0 Å². The van der Waals surface area contributed by atoms with Gasteiger partial charge in [-0.15, -0.1) is 0 Å². The fraction of sp³-hybridized carbons (Fsp3) is 0.625. The predicted molar refractivity (Wildman–Crippen MR) is 77.7 cm³/mol. The van der Waals surface area contributed by atoms with Gasteiger partial charge in [-0.25, -0.2) is 0 Å². The second-order valence-electron chi connectivity index (χ2n) is 5.84. The van der Waals surface area contributed by atoms with Gasteiger partial charge in [-0.05, 0) is 62.5 Å². The van der Waals surface area contributed by atoms with E-state index in [0.717, 1.165) is 18.7 Å². The lowest BCUT2D eigenvalue weighted by molar-refractivity contribution is 0.205. The highest BCUT2D eigenvalue weighted by molar-refractivity contribution is 5.39. The molecule has 0 spiro atoms. The van der Waals surface area contributed by atoms with E-state index in [1.165, 1.54) is 36.9 Å². The highest BCUT2D eigenvalue weighted by Crippen LogP contribution is 2.35. The first-order chi connectivity index (χ1) is 9.28. The number of ether oxygens (including phenoxy) is 1. The predicted octanol–water partition coefficient (Wildman–Crippen LogP) is 2.37. The number of fused-ring (bicyclic) bond motifs is 1. The molecule has 3 heteroatoms. The van der Waals surface area contributed by atoms with Crippen LogP contribution in [-0.4, -0.2) is 38.2 Å². The van der Waals surface area contributed by atoms with Crippen LogP contribution in [0.1, 0.15) is 36.4 Å². The third-order valence-corrected chi connectivity index (χ3v) is 4.65. The number of hydrogen-bond donors (Lipinski definition) is 1. The van der Waals surface area contributed by atoms with E-state index < -0.39 is 0 Å². The summed E-state index contributed by atoms with van der Waals surface area (Å²) in [6.45, 7) is 2.34. The van der Waals surface area contributed by atoms with Crippen LogP contribution in [0.25, 0.3) is 0 Å². The third-order valence-electron chi connectivity index (χ3n) is 4.65. The molecule has 2 atom stereocenters. The summed E-state index contributed by atoms with van der Waals surface area (Å²) in [6.07, 6.45) is 5.03. The Kier molecular flexibility index (Phi) is 3.76. The summed E-state index contributed by atoms with van der Waals surface area (Å²) in [7, 11) is 4.00. The van der Waals surface area contributed by atoms with E-state index in [1.54, 1.807) is 7.11 Å². The molecule has 1 aromatic carbocycles.